The first-order valence-corrected chi connectivity index (χ1v) is 13.6. The number of aromatic nitrogens is 1. The number of piperidine rings is 1. The average Bonchev–Trinajstić information content (AvgIpc) is 3.55. The molecular formula is C29H33ClN4O3. The van der Waals surface area contributed by atoms with Gasteiger partial charge in [-0.05, 0) is 49.1 Å². The predicted molar refractivity (Wildman–Crippen MR) is 145 cm³/mol. The Labute approximate surface area is 222 Å². The Morgan fingerprint density at radius 2 is 1.86 bits per heavy atom. The van der Waals surface area contributed by atoms with Gasteiger partial charge < -0.3 is 19.1 Å². The van der Waals surface area contributed by atoms with Crippen molar-refractivity contribution < 1.29 is 14.3 Å². The molecule has 7 nitrogen and oxygen atoms in total. The molecule has 1 amide bonds. The van der Waals surface area contributed by atoms with Gasteiger partial charge in [-0.15, -0.1) is 0 Å². The Hall–Kier alpha value is -2.87. The van der Waals surface area contributed by atoms with Gasteiger partial charge in [0.1, 0.15) is 11.9 Å². The molecule has 1 atom stereocenters. The standard InChI is InChI=1S/C29H33ClN4O3/c1-31-12-14-32(15-13-31)27(19-35)34-18-25(24-6-5-22(30)17-26(24)34)29(36)33-10-7-20(8-11-33)23-4-2-3-21-9-16-37-28(21)23/h2-6,17-20,27H,7-16H2,1H3. The summed E-state index contributed by atoms with van der Waals surface area (Å²) in [6.45, 7) is 5.55. The summed E-state index contributed by atoms with van der Waals surface area (Å²) in [6, 6.07) is 12.1. The first kappa shape index (κ1) is 24.5. The van der Waals surface area contributed by atoms with E-state index in [4.69, 9.17) is 16.3 Å². The molecule has 194 valence electrons. The van der Waals surface area contributed by atoms with Gasteiger partial charge in [-0.1, -0.05) is 35.9 Å². The van der Waals surface area contributed by atoms with Crippen molar-refractivity contribution >= 4 is 34.7 Å². The van der Waals surface area contributed by atoms with Crippen LogP contribution in [0.4, 0.5) is 0 Å². The highest BCUT2D eigenvalue weighted by Gasteiger charge is 2.31. The van der Waals surface area contributed by atoms with Gasteiger partial charge in [-0.2, -0.15) is 0 Å². The zero-order valence-electron chi connectivity index (χ0n) is 21.2. The van der Waals surface area contributed by atoms with Crippen LogP contribution in [0.3, 0.4) is 0 Å². The maximum atomic E-state index is 13.8. The van der Waals surface area contributed by atoms with Crippen LogP contribution in [0.25, 0.3) is 10.9 Å². The molecule has 0 N–H and O–H groups in total. The van der Waals surface area contributed by atoms with Crippen LogP contribution < -0.4 is 4.74 Å². The number of carbonyl (C=O) groups is 2. The van der Waals surface area contributed by atoms with E-state index in [1.807, 2.05) is 33.9 Å². The molecule has 6 rings (SSSR count). The normalized spacial score (nSPS) is 20.1. The van der Waals surface area contributed by atoms with Crippen molar-refractivity contribution in [3.63, 3.8) is 0 Å². The lowest BCUT2D eigenvalue weighted by atomic mass is 9.87. The van der Waals surface area contributed by atoms with E-state index in [0.717, 1.165) is 75.0 Å². The second-order valence-corrected chi connectivity index (χ2v) is 10.9. The van der Waals surface area contributed by atoms with Crippen LogP contribution in [0, 0.1) is 0 Å². The fraction of sp³-hybridized carbons (Fsp3) is 0.448. The second-order valence-electron chi connectivity index (χ2n) is 10.5. The first-order valence-electron chi connectivity index (χ1n) is 13.3. The predicted octanol–water partition coefficient (Wildman–Crippen LogP) is 4.19. The third-order valence-corrected chi connectivity index (χ3v) is 8.55. The minimum atomic E-state index is -0.470. The molecule has 0 bridgehead atoms. The van der Waals surface area contributed by atoms with Gasteiger partial charge in [0.2, 0.25) is 0 Å². The molecule has 0 spiro atoms. The number of aldehydes is 1. The lowest BCUT2D eigenvalue weighted by Crippen LogP contribution is -2.47. The minimum Gasteiger partial charge on any atom is -0.493 e. The highest BCUT2D eigenvalue weighted by atomic mass is 35.5. The van der Waals surface area contributed by atoms with Crippen molar-refractivity contribution in [3.8, 4) is 5.75 Å². The van der Waals surface area contributed by atoms with Crippen molar-refractivity contribution in [2.24, 2.45) is 0 Å². The molecule has 3 aromatic rings. The topological polar surface area (TPSA) is 58.0 Å². The Morgan fingerprint density at radius 1 is 1.08 bits per heavy atom. The van der Waals surface area contributed by atoms with Gasteiger partial charge in [0.25, 0.3) is 5.91 Å². The van der Waals surface area contributed by atoms with Gasteiger partial charge in [0.05, 0.1) is 17.7 Å². The second kappa shape index (κ2) is 10.1. The molecule has 2 aromatic carbocycles. The zero-order chi connectivity index (χ0) is 25.5. The maximum Gasteiger partial charge on any atom is 0.256 e. The number of amides is 1. The molecule has 0 saturated carbocycles. The number of hydrogen-bond acceptors (Lipinski definition) is 5. The van der Waals surface area contributed by atoms with Crippen LogP contribution in [0.2, 0.25) is 5.02 Å². The molecule has 4 heterocycles. The molecule has 1 unspecified atom stereocenters. The zero-order valence-corrected chi connectivity index (χ0v) is 22.0. The number of likely N-dealkylation sites (tertiary alicyclic amines) is 1. The van der Waals surface area contributed by atoms with Gasteiger partial charge in [0.15, 0.2) is 6.29 Å². The van der Waals surface area contributed by atoms with E-state index in [9.17, 15) is 9.59 Å². The Balaban J connectivity index is 1.25. The van der Waals surface area contributed by atoms with Crippen LogP contribution in [-0.2, 0) is 11.2 Å². The number of carbonyl (C=O) groups excluding carboxylic acids is 2. The third-order valence-electron chi connectivity index (χ3n) is 8.31. The Kier molecular flexibility index (Phi) is 6.69. The van der Waals surface area contributed by atoms with E-state index in [-0.39, 0.29) is 5.91 Å². The van der Waals surface area contributed by atoms with E-state index in [2.05, 4.69) is 35.0 Å². The Bertz CT molecular complexity index is 1320. The van der Waals surface area contributed by atoms with E-state index >= 15 is 0 Å². The number of piperazine rings is 1. The molecule has 0 aliphatic carbocycles. The molecule has 3 aliphatic rings. The summed E-state index contributed by atoms with van der Waals surface area (Å²) in [4.78, 5) is 32.5. The largest absolute Gasteiger partial charge is 0.493 e. The van der Waals surface area contributed by atoms with Crippen LogP contribution >= 0.6 is 11.6 Å². The summed E-state index contributed by atoms with van der Waals surface area (Å²) in [7, 11) is 2.09. The fourth-order valence-electron chi connectivity index (χ4n) is 6.15. The van der Waals surface area contributed by atoms with E-state index in [0.29, 0.717) is 29.6 Å². The highest BCUT2D eigenvalue weighted by Crippen LogP contribution is 2.39. The van der Waals surface area contributed by atoms with Crippen LogP contribution in [-0.4, -0.2) is 84.4 Å². The number of fused-ring (bicyclic) bond motifs is 2. The van der Waals surface area contributed by atoms with E-state index < -0.39 is 6.17 Å². The van der Waals surface area contributed by atoms with Gasteiger partial charge in [-0.25, -0.2) is 0 Å². The van der Waals surface area contributed by atoms with Crippen molar-refractivity contribution in [3.05, 3.63) is 64.3 Å². The van der Waals surface area contributed by atoms with Gasteiger partial charge in [-0.3, -0.25) is 14.5 Å². The summed E-state index contributed by atoms with van der Waals surface area (Å²) in [6.07, 6.45) is 5.17. The quantitative estimate of drug-likeness (QED) is 0.472. The number of ether oxygens (including phenoxy) is 1. The molecule has 0 radical (unpaired) electrons. The van der Waals surface area contributed by atoms with Crippen LogP contribution in [0.1, 0.15) is 46.4 Å². The molecule has 37 heavy (non-hydrogen) atoms. The summed E-state index contributed by atoms with van der Waals surface area (Å²) in [5, 5.41) is 1.43. The van der Waals surface area contributed by atoms with E-state index in [1.54, 1.807) is 0 Å². The third kappa shape index (κ3) is 4.54. The molecular weight excluding hydrogens is 488 g/mol. The highest BCUT2D eigenvalue weighted by molar-refractivity contribution is 6.31. The van der Waals surface area contributed by atoms with Crippen LogP contribution in [0.5, 0.6) is 5.75 Å². The van der Waals surface area contributed by atoms with Gasteiger partial charge >= 0.3 is 0 Å². The monoisotopic (exact) mass is 520 g/mol. The lowest BCUT2D eigenvalue weighted by molar-refractivity contribution is -0.116. The van der Waals surface area contributed by atoms with Crippen molar-refractivity contribution in [2.75, 3.05) is 52.9 Å². The van der Waals surface area contributed by atoms with Gasteiger partial charge in [0, 0.05) is 62.3 Å². The number of rotatable bonds is 5. The lowest BCUT2D eigenvalue weighted by Gasteiger charge is -2.36. The van der Waals surface area contributed by atoms with Crippen molar-refractivity contribution in [2.45, 2.75) is 31.3 Å². The van der Waals surface area contributed by atoms with Crippen molar-refractivity contribution in [1.82, 2.24) is 19.3 Å². The van der Waals surface area contributed by atoms with E-state index in [1.165, 1.54) is 11.1 Å². The summed E-state index contributed by atoms with van der Waals surface area (Å²) in [5.74, 6) is 1.48. The fourth-order valence-corrected chi connectivity index (χ4v) is 6.32. The number of nitrogens with zero attached hydrogens (tertiary/aromatic N) is 4. The van der Waals surface area contributed by atoms with Crippen LogP contribution in [0.15, 0.2) is 42.6 Å². The number of para-hydroxylation sites is 1. The number of halogens is 1. The maximum absolute atomic E-state index is 13.8. The summed E-state index contributed by atoms with van der Waals surface area (Å²) < 4.78 is 7.88. The number of hydrogen-bond donors (Lipinski definition) is 0. The molecule has 2 saturated heterocycles. The SMILES string of the molecule is CN1CCN(C(C=O)n2cc(C(=O)N3CCC(c4cccc5c4OCC5)CC3)c3ccc(Cl)cc32)CC1. The molecule has 1 aromatic heterocycles. The summed E-state index contributed by atoms with van der Waals surface area (Å²) in [5.41, 5.74) is 4.04. The smallest absolute Gasteiger partial charge is 0.256 e. The molecule has 8 heteroatoms. The minimum absolute atomic E-state index is 0.0158. The van der Waals surface area contributed by atoms with Crippen molar-refractivity contribution in [1.29, 1.82) is 0 Å². The molecule has 2 fully saturated rings. The average molecular weight is 521 g/mol. The summed E-state index contributed by atoms with van der Waals surface area (Å²) >= 11 is 6.37. The number of likely N-dealkylation sites (N-methyl/N-ethyl adjacent to an activating group) is 1. The molecule has 3 aliphatic heterocycles. The Morgan fingerprint density at radius 3 is 2.62 bits per heavy atom. The number of benzene rings is 2. The first-order chi connectivity index (χ1) is 18.0.